The summed E-state index contributed by atoms with van der Waals surface area (Å²) in [4.78, 5) is 0. The monoisotopic (exact) mass is 68.0 g/mol. The van der Waals surface area contributed by atoms with Gasteiger partial charge in [0.2, 0.25) is 0 Å². The summed E-state index contributed by atoms with van der Waals surface area (Å²) in [7, 11) is 0. The first kappa shape index (κ1) is 4.23. The van der Waals surface area contributed by atoms with Crippen molar-refractivity contribution in [2.45, 2.75) is 6.42 Å². The molecule has 0 fully saturated rings. The van der Waals surface area contributed by atoms with Crippen LogP contribution in [0.4, 0.5) is 0 Å². The Morgan fingerprint density at radius 2 is 2.60 bits per heavy atom. The SMILES string of the molecule is C=CC[13C]#N. The Labute approximate surface area is 31.5 Å². The average Bonchev–Trinajstić information content (AvgIpc) is 1.41. The van der Waals surface area contributed by atoms with Gasteiger partial charge in [-0.2, -0.15) is 5.26 Å². The van der Waals surface area contributed by atoms with E-state index in [2.05, 4.69) is 6.58 Å². The van der Waals surface area contributed by atoms with Crippen LogP contribution in [0.5, 0.6) is 0 Å². The minimum atomic E-state index is 0.458. The van der Waals surface area contributed by atoms with Gasteiger partial charge in [-0.3, -0.25) is 0 Å². The zero-order chi connectivity index (χ0) is 4.12. The van der Waals surface area contributed by atoms with Gasteiger partial charge in [-0.05, 0) is 0 Å². The Morgan fingerprint density at radius 3 is 2.60 bits per heavy atom. The third-order valence-electron chi connectivity index (χ3n) is 0.236. The molecule has 1 nitrogen and oxygen atoms in total. The molecule has 5 heavy (non-hydrogen) atoms. The lowest BCUT2D eigenvalue weighted by Gasteiger charge is -1.55. The maximum Gasteiger partial charge on any atom is 0.0663 e. The van der Waals surface area contributed by atoms with Crippen molar-refractivity contribution in [3.8, 4) is 6.07 Å². The van der Waals surface area contributed by atoms with E-state index >= 15 is 0 Å². The van der Waals surface area contributed by atoms with Crippen LogP contribution in [0.2, 0.25) is 0 Å². The van der Waals surface area contributed by atoms with Gasteiger partial charge >= 0.3 is 0 Å². The van der Waals surface area contributed by atoms with Crippen LogP contribution in [0.3, 0.4) is 0 Å². The smallest absolute Gasteiger partial charge is 0.0663 e. The van der Waals surface area contributed by atoms with Gasteiger partial charge in [-0.15, -0.1) is 6.58 Å². The van der Waals surface area contributed by atoms with Crippen molar-refractivity contribution in [3.05, 3.63) is 12.7 Å². The van der Waals surface area contributed by atoms with Crippen LogP contribution >= 0.6 is 0 Å². The predicted octanol–water partition coefficient (Wildman–Crippen LogP) is 1.09. The average molecular weight is 68.1 g/mol. The molecule has 0 saturated heterocycles. The molecule has 0 aromatic carbocycles. The van der Waals surface area contributed by atoms with Crippen molar-refractivity contribution >= 4 is 0 Å². The van der Waals surface area contributed by atoms with E-state index in [-0.39, 0.29) is 0 Å². The number of allylic oxidation sites excluding steroid dienone is 1. The predicted molar refractivity (Wildman–Crippen MR) is 20.4 cm³/mol. The molecule has 0 saturated carbocycles. The van der Waals surface area contributed by atoms with Gasteiger partial charge in [0.1, 0.15) is 0 Å². The summed E-state index contributed by atoms with van der Waals surface area (Å²) in [5.74, 6) is 0. The summed E-state index contributed by atoms with van der Waals surface area (Å²) in [5.41, 5.74) is 0. The van der Waals surface area contributed by atoms with Crippen LogP contribution in [0.15, 0.2) is 12.7 Å². The normalized spacial score (nSPS) is 5.40. The molecule has 0 aliphatic heterocycles. The molecule has 0 radical (unpaired) electrons. The van der Waals surface area contributed by atoms with Gasteiger partial charge in [0.05, 0.1) is 12.5 Å². The summed E-state index contributed by atoms with van der Waals surface area (Å²) in [5, 5.41) is 7.74. The summed E-state index contributed by atoms with van der Waals surface area (Å²) < 4.78 is 0. The molecule has 0 aromatic heterocycles. The second-order valence-corrected chi connectivity index (χ2v) is 0.651. The number of nitrogens with zero attached hydrogens (tertiary/aromatic N) is 1. The number of rotatable bonds is 1. The molecule has 0 aliphatic carbocycles. The molecule has 0 rings (SSSR count). The highest BCUT2D eigenvalue weighted by Gasteiger charge is 1.56. The molecule has 0 atom stereocenters. The van der Waals surface area contributed by atoms with Crippen molar-refractivity contribution in [2.75, 3.05) is 0 Å². The van der Waals surface area contributed by atoms with Crippen molar-refractivity contribution in [2.24, 2.45) is 0 Å². The molecule has 1 heteroatoms. The topological polar surface area (TPSA) is 23.8 Å². The van der Waals surface area contributed by atoms with Crippen LogP contribution in [0, 0.1) is 11.3 Å². The standard InChI is InChI=1S/C4H5N/c1-2-3-4-5/h2H,1,3H2/i4+1. The number of hydrogen-bond acceptors (Lipinski definition) is 1. The van der Waals surface area contributed by atoms with E-state index in [1.807, 2.05) is 6.07 Å². The largest absolute Gasteiger partial charge is 0.198 e. The Hall–Kier alpha value is -0.770. The summed E-state index contributed by atoms with van der Waals surface area (Å²) >= 11 is 0. The highest BCUT2D eigenvalue weighted by molar-refractivity contribution is 4.82. The molecule has 26 valence electrons. The van der Waals surface area contributed by atoms with Gasteiger partial charge in [0.15, 0.2) is 0 Å². The Morgan fingerprint density at radius 1 is 2.00 bits per heavy atom. The van der Waals surface area contributed by atoms with Gasteiger partial charge in [-0.25, -0.2) is 0 Å². The second-order valence-electron chi connectivity index (χ2n) is 0.651. The molecule has 0 aromatic rings. The fraction of sp³-hybridized carbons (Fsp3) is 0.250. The van der Waals surface area contributed by atoms with Gasteiger partial charge in [0, 0.05) is 0 Å². The van der Waals surface area contributed by atoms with Crippen LogP contribution in [-0.2, 0) is 0 Å². The third kappa shape index (κ3) is 3.23. The van der Waals surface area contributed by atoms with Gasteiger partial charge in [0.25, 0.3) is 0 Å². The highest BCUT2D eigenvalue weighted by Crippen LogP contribution is 1.67. The van der Waals surface area contributed by atoms with E-state index in [0.717, 1.165) is 0 Å². The molecule has 0 bridgehead atoms. The van der Waals surface area contributed by atoms with Crippen molar-refractivity contribution in [1.29, 1.82) is 5.26 Å². The van der Waals surface area contributed by atoms with Gasteiger partial charge < -0.3 is 0 Å². The molecular weight excluding hydrogens is 63.0 g/mol. The minimum absolute atomic E-state index is 0.458. The summed E-state index contributed by atoms with van der Waals surface area (Å²) in [6.45, 7) is 3.33. The molecule has 0 amide bonds. The van der Waals surface area contributed by atoms with E-state index in [0.29, 0.717) is 6.42 Å². The maximum absolute atomic E-state index is 7.74. The fourth-order valence-electron chi connectivity index (χ4n) is 0.0645. The molecule has 0 heterocycles. The Kier molecular flexibility index (Phi) is 2.73. The van der Waals surface area contributed by atoms with E-state index in [4.69, 9.17) is 5.26 Å². The van der Waals surface area contributed by atoms with E-state index in [9.17, 15) is 0 Å². The van der Waals surface area contributed by atoms with E-state index < -0.39 is 0 Å². The molecule has 0 spiro atoms. The minimum Gasteiger partial charge on any atom is -0.198 e. The van der Waals surface area contributed by atoms with E-state index in [1.54, 1.807) is 6.08 Å². The zero-order valence-electron chi connectivity index (χ0n) is 2.94. The van der Waals surface area contributed by atoms with E-state index in [1.165, 1.54) is 0 Å². The second kappa shape index (κ2) is 3.23. The van der Waals surface area contributed by atoms with Gasteiger partial charge in [-0.1, -0.05) is 6.08 Å². The quantitative estimate of drug-likeness (QED) is 0.333. The first-order valence-corrected chi connectivity index (χ1v) is 1.39. The maximum atomic E-state index is 7.74. The lowest BCUT2D eigenvalue weighted by atomic mass is 10.6. The highest BCUT2D eigenvalue weighted by atomic mass is 14.4. The summed E-state index contributed by atoms with van der Waals surface area (Å²) in [6, 6.07) is 1.90. The fourth-order valence-corrected chi connectivity index (χ4v) is 0.0645. The zero-order valence-corrected chi connectivity index (χ0v) is 2.94. The first-order valence-electron chi connectivity index (χ1n) is 1.39. The Balaban J connectivity index is 2.75. The van der Waals surface area contributed by atoms with Crippen molar-refractivity contribution in [1.82, 2.24) is 0 Å². The molecule has 0 aliphatic rings. The van der Waals surface area contributed by atoms with Crippen LogP contribution in [0.1, 0.15) is 6.42 Å². The van der Waals surface area contributed by atoms with Crippen LogP contribution in [0.25, 0.3) is 0 Å². The number of hydrogen-bond donors (Lipinski definition) is 0. The lowest BCUT2D eigenvalue weighted by molar-refractivity contribution is 1.36. The summed E-state index contributed by atoms with van der Waals surface area (Å²) in [6.07, 6.45) is 2.03. The third-order valence-corrected chi connectivity index (χ3v) is 0.236. The molecule has 0 N–H and O–H groups in total. The lowest BCUT2D eigenvalue weighted by Crippen LogP contribution is -1.45. The van der Waals surface area contributed by atoms with Crippen molar-refractivity contribution < 1.29 is 0 Å². The van der Waals surface area contributed by atoms with Crippen molar-refractivity contribution in [3.63, 3.8) is 0 Å². The molecular formula is C4H5N. The Bertz CT molecular complexity index is 58.5. The first-order chi connectivity index (χ1) is 2.41. The number of nitriles is 1. The van der Waals surface area contributed by atoms with Crippen LogP contribution < -0.4 is 0 Å². The molecule has 0 unspecified atom stereocenters. The van der Waals surface area contributed by atoms with Crippen LogP contribution in [-0.4, -0.2) is 0 Å².